The Hall–Kier alpha value is -3.81. The van der Waals surface area contributed by atoms with Gasteiger partial charge in [0, 0.05) is 36.4 Å². The van der Waals surface area contributed by atoms with Gasteiger partial charge in [-0.1, -0.05) is 48.5 Å². The Morgan fingerprint density at radius 3 is 1.43 bits per heavy atom. The first-order chi connectivity index (χ1) is 23.2. The van der Waals surface area contributed by atoms with E-state index in [9.17, 15) is 24.0 Å². The van der Waals surface area contributed by atoms with Crippen molar-refractivity contribution in [1.29, 1.82) is 0 Å². The lowest BCUT2D eigenvalue weighted by molar-refractivity contribution is -0.118. The first kappa shape index (κ1) is 45.2. The summed E-state index contributed by atoms with van der Waals surface area (Å²) in [4.78, 5) is 67.3. The largest absolute Gasteiger partial charge is 0.444 e. The third kappa shape index (κ3) is 17.3. The molecule has 276 valence electrons. The quantitative estimate of drug-likeness (QED) is 0.120. The Bertz CT molecular complexity index is 1730. The van der Waals surface area contributed by atoms with Crippen molar-refractivity contribution in [3.05, 3.63) is 103 Å². The number of Topliss-reactive ketones (excluding diaryl/α,β-unsaturated/α-hetero) is 4. The summed E-state index contributed by atoms with van der Waals surface area (Å²) in [6.45, 7) is 9.12. The number of nitrogens with two attached hydrogens (primary N) is 1. The molecule has 0 spiro atoms. The minimum absolute atomic E-state index is 0. The number of benzene rings is 2. The maximum absolute atomic E-state index is 12.2. The fraction of sp³-hybridized carbons (Fsp3) is 0.378. The standard InChI is InChI=1S/C21H26N2O4S.C16H18N2O2S.2ClH/c1-14-23-18(13-28-14)19(25)11-16-7-5-15(6-8-16)9-10-17(24)12-22-20(26)27-21(2,3)4;1-11-18-15(10-21-11)16(20)8-13-4-2-12(3-5-13)6-7-14(19)9-17;;/h5-8,13H,9-12H2,1-4H3,(H,22,26);2-5,10H,6-9,17H2,1H3;2*1H. The number of halogens is 2. The van der Waals surface area contributed by atoms with Crippen LogP contribution in [0.5, 0.6) is 0 Å². The van der Waals surface area contributed by atoms with Crippen molar-refractivity contribution < 1.29 is 28.7 Å². The second-order valence-corrected chi connectivity index (χ2v) is 14.6. The van der Waals surface area contributed by atoms with E-state index < -0.39 is 11.7 Å². The molecule has 4 aromatic rings. The maximum atomic E-state index is 12.2. The molecule has 0 bridgehead atoms. The van der Waals surface area contributed by atoms with Gasteiger partial charge in [0.1, 0.15) is 22.8 Å². The summed E-state index contributed by atoms with van der Waals surface area (Å²) in [7, 11) is 0. The molecule has 0 aliphatic carbocycles. The third-order valence-electron chi connectivity index (χ3n) is 7.03. The van der Waals surface area contributed by atoms with E-state index >= 15 is 0 Å². The fourth-order valence-corrected chi connectivity index (χ4v) is 5.66. The number of thiazole rings is 2. The second kappa shape index (κ2) is 22.2. The van der Waals surface area contributed by atoms with Gasteiger partial charge in [0.15, 0.2) is 17.3 Å². The van der Waals surface area contributed by atoms with Crippen molar-refractivity contribution in [2.75, 3.05) is 13.1 Å². The third-order valence-corrected chi connectivity index (χ3v) is 8.57. The highest BCUT2D eigenvalue weighted by molar-refractivity contribution is 7.10. The number of hydrogen-bond acceptors (Lipinski definition) is 11. The van der Waals surface area contributed by atoms with E-state index in [1.165, 1.54) is 22.7 Å². The maximum Gasteiger partial charge on any atom is 0.408 e. The van der Waals surface area contributed by atoms with Crippen molar-refractivity contribution in [3.8, 4) is 0 Å². The van der Waals surface area contributed by atoms with Gasteiger partial charge >= 0.3 is 6.09 Å². The zero-order valence-corrected chi connectivity index (χ0v) is 32.8. The number of hydrogen-bond donors (Lipinski definition) is 2. The van der Waals surface area contributed by atoms with Gasteiger partial charge in [-0.3, -0.25) is 19.2 Å². The van der Waals surface area contributed by atoms with E-state index in [0.29, 0.717) is 49.9 Å². The zero-order valence-electron chi connectivity index (χ0n) is 29.5. The molecule has 51 heavy (non-hydrogen) atoms. The summed E-state index contributed by atoms with van der Waals surface area (Å²) >= 11 is 2.95. The molecule has 10 nitrogen and oxygen atoms in total. The summed E-state index contributed by atoms with van der Waals surface area (Å²) in [5.74, 6) is 0.0306. The van der Waals surface area contributed by atoms with Crippen molar-refractivity contribution in [2.24, 2.45) is 5.73 Å². The number of carbonyl (C=O) groups is 5. The lowest BCUT2D eigenvalue weighted by atomic mass is 10.0. The summed E-state index contributed by atoms with van der Waals surface area (Å²) < 4.78 is 5.10. The average Bonchev–Trinajstić information content (AvgIpc) is 3.70. The number of nitrogens with one attached hydrogen (secondary N) is 1. The van der Waals surface area contributed by atoms with Crippen LogP contribution in [-0.4, -0.2) is 57.9 Å². The molecule has 0 unspecified atom stereocenters. The van der Waals surface area contributed by atoms with E-state index in [1.807, 2.05) is 62.4 Å². The first-order valence-electron chi connectivity index (χ1n) is 16.0. The van der Waals surface area contributed by atoms with E-state index in [1.54, 1.807) is 31.5 Å². The van der Waals surface area contributed by atoms with Gasteiger partial charge in [-0.05, 0) is 69.7 Å². The van der Waals surface area contributed by atoms with Crippen LogP contribution in [0.1, 0.15) is 86.9 Å². The van der Waals surface area contributed by atoms with Crippen LogP contribution in [0, 0.1) is 13.8 Å². The number of rotatable bonds is 15. The molecular formula is C37H46Cl2N4O6S2. The van der Waals surface area contributed by atoms with Gasteiger partial charge in [-0.2, -0.15) is 0 Å². The Labute approximate surface area is 319 Å². The molecule has 4 rings (SSSR count). The van der Waals surface area contributed by atoms with Crippen LogP contribution in [0.15, 0.2) is 59.3 Å². The van der Waals surface area contributed by atoms with Gasteiger partial charge in [-0.25, -0.2) is 14.8 Å². The average molecular weight is 778 g/mol. The summed E-state index contributed by atoms with van der Waals surface area (Å²) in [6, 6.07) is 15.4. The predicted octanol–water partition coefficient (Wildman–Crippen LogP) is 7.08. The smallest absolute Gasteiger partial charge is 0.408 e. The lowest BCUT2D eigenvalue weighted by Gasteiger charge is -2.19. The molecular weight excluding hydrogens is 731 g/mol. The van der Waals surface area contributed by atoms with Crippen molar-refractivity contribution >= 4 is 76.7 Å². The number of aryl methyl sites for hydroxylation is 4. The van der Waals surface area contributed by atoms with E-state index in [0.717, 1.165) is 32.3 Å². The van der Waals surface area contributed by atoms with Crippen molar-refractivity contribution in [3.63, 3.8) is 0 Å². The monoisotopic (exact) mass is 776 g/mol. The van der Waals surface area contributed by atoms with Crippen LogP contribution in [0.25, 0.3) is 0 Å². The molecule has 0 radical (unpaired) electrons. The molecule has 0 atom stereocenters. The molecule has 1 amide bonds. The number of carbonyl (C=O) groups excluding carboxylic acids is 5. The number of ether oxygens (including phenoxy) is 1. The zero-order chi connectivity index (χ0) is 36.0. The predicted molar refractivity (Wildman–Crippen MR) is 207 cm³/mol. The normalized spacial score (nSPS) is 10.5. The number of nitrogens with zero attached hydrogens (tertiary/aromatic N) is 2. The molecule has 0 aliphatic heterocycles. The molecule has 0 saturated heterocycles. The number of alkyl carbamates (subject to hydrolysis) is 1. The summed E-state index contributed by atoms with van der Waals surface area (Å²) in [5.41, 5.74) is 9.70. The van der Waals surface area contributed by atoms with Crippen LogP contribution in [-0.2, 0) is 40.0 Å². The highest BCUT2D eigenvalue weighted by Crippen LogP contribution is 2.15. The Kier molecular flexibility index (Phi) is 19.7. The van der Waals surface area contributed by atoms with E-state index in [-0.39, 0.29) is 61.0 Å². The van der Waals surface area contributed by atoms with Crippen molar-refractivity contribution in [2.45, 2.75) is 78.7 Å². The Balaban J connectivity index is 0.000000509. The Morgan fingerprint density at radius 2 is 1.08 bits per heavy atom. The summed E-state index contributed by atoms with van der Waals surface area (Å²) in [5, 5.41) is 7.83. The molecule has 2 heterocycles. The van der Waals surface area contributed by atoms with Gasteiger partial charge in [0.2, 0.25) is 0 Å². The minimum atomic E-state index is -0.592. The number of ketones is 4. The van der Waals surface area contributed by atoms with Crippen LogP contribution in [0.4, 0.5) is 4.79 Å². The Morgan fingerprint density at radius 1 is 0.686 bits per heavy atom. The van der Waals surface area contributed by atoms with Gasteiger partial charge in [-0.15, -0.1) is 47.5 Å². The fourth-order valence-electron chi connectivity index (χ4n) is 4.43. The van der Waals surface area contributed by atoms with Crippen LogP contribution in [0.3, 0.4) is 0 Å². The minimum Gasteiger partial charge on any atom is -0.444 e. The van der Waals surface area contributed by atoms with Crippen molar-refractivity contribution in [1.82, 2.24) is 15.3 Å². The van der Waals surface area contributed by atoms with Crippen LogP contribution < -0.4 is 11.1 Å². The lowest BCUT2D eigenvalue weighted by Crippen LogP contribution is -2.35. The van der Waals surface area contributed by atoms with Gasteiger partial charge in [0.25, 0.3) is 0 Å². The van der Waals surface area contributed by atoms with Gasteiger partial charge in [0.05, 0.1) is 23.1 Å². The molecule has 2 aromatic heterocycles. The van der Waals surface area contributed by atoms with E-state index in [4.69, 9.17) is 10.5 Å². The topological polar surface area (TPSA) is 158 Å². The molecule has 0 saturated carbocycles. The highest BCUT2D eigenvalue weighted by Gasteiger charge is 2.17. The highest BCUT2D eigenvalue weighted by atomic mass is 35.5. The molecule has 14 heteroatoms. The number of aromatic nitrogens is 2. The van der Waals surface area contributed by atoms with Crippen LogP contribution >= 0.6 is 47.5 Å². The SMILES string of the molecule is Cc1nc(C(=O)Cc2ccc(CCC(=O)CN)cc2)cs1.Cc1nc(C(=O)Cc2ccc(CCC(=O)CNC(=O)OC(C)(C)C)cc2)cs1.Cl.Cl. The first-order valence-corrected chi connectivity index (χ1v) is 17.7. The van der Waals surface area contributed by atoms with Gasteiger partial charge < -0.3 is 15.8 Å². The number of amides is 1. The molecule has 3 N–H and O–H groups in total. The second-order valence-electron chi connectivity index (χ2n) is 12.5. The van der Waals surface area contributed by atoms with E-state index in [2.05, 4.69) is 15.3 Å². The van der Waals surface area contributed by atoms with Crippen LogP contribution in [0.2, 0.25) is 0 Å². The summed E-state index contributed by atoms with van der Waals surface area (Å²) in [6.07, 6.45) is 2.13. The molecule has 2 aromatic carbocycles. The molecule has 0 fully saturated rings. The molecule has 0 aliphatic rings.